The van der Waals surface area contributed by atoms with Gasteiger partial charge in [0.05, 0.1) is 6.42 Å². The predicted octanol–water partition coefficient (Wildman–Crippen LogP) is 0.866. The first-order valence-corrected chi connectivity index (χ1v) is 6.71. The average Bonchev–Trinajstić information content (AvgIpc) is 2.74. The van der Waals surface area contributed by atoms with Crippen LogP contribution in [0.1, 0.15) is 33.6 Å². The van der Waals surface area contributed by atoms with Gasteiger partial charge < -0.3 is 21.1 Å². The van der Waals surface area contributed by atoms with Gasteiger partial charge in [0.15, 0.2) is 0 Å². The topological polar surface area (TPSA) is 95.7 Å². The van der Waals surface area contributed by atoms with Gasteiger partial charge in [-0.2, -0.15) is 0 Å². The molecule has 1 rings (SSSR count). The van der Waals surface area contributed by atoms with E-state index in [-0.39, 0.29) is 23.9 Å². The summed E-state index contributed by atoms with van der Waals surface area (Å²) in [4.78, 5) is 24.7. The largest absolute Gasteiger partial charge is 0.481 e. The summed E-state index contributed by atoms with van der Waals surface area (Å²) in [6, 6.07) is -0.563. The molecule has 110 valence electrons. The molecule has 6 heteroatoms. The number of likely N-dealkylation sites (tertiary alicyclic amines) is 1. The third-order valence-electron chi connectivity index (χ3n) is 3.63. The van der Waals surface area contributed by atoms with Gasteiger partial charge in [-0.1, -0.05) is 20.8 Å². The van der Waals surface area contributed by atoms with Crippen molar-refractivity contribution in [2.24, 2.45) is 17.1 Å². The lowest BCUT2D eigenvalue weighted by molar-refractivity contribution is -0.138. The monoisotopic (exact) mass is 271 g/mol. The van der Waals surface area contributed by atoms with Gasteiger partial charge in [0.1, 0.15) is 0 Å². The van der Waals surface area contributed by atoms with Crippen molar-refractivity contribution in [3.8, 4) is 0 Å². The van der Waals surface area contributed by atoms with Crippen molar-refractivity contribution in [1.29, 1.82) is 0 Å². The third-order valence-corrected chi connectivity index (χ3v) is 3.63. The number of carboxylic acid groups (broad SMARTS) is 1. The molecular formula is C13H25N3O3. The highest BCUT2D eigenvalue weighted by Gasteiger charge is 2.32. The maximum absolute atomic E-state index is 12.1. The van der Waals surface area contributed by atoms with Gasteiger partial charge in [-0.3, -0.25) is 4.79 Å². The SMILES string of the molecule is CC(C)(C)C(CC(=O)O)NC(=O)N1CCC(CN)C1. The lowest BCUT2D eigenvalue weighted by Gasteiger charge is -2.32. The highest BCUT2D eigenvalue weighted by atomic mass is 16.4. The molecule has 1 saturated heterocycles. The molecule has 2 amide bonds. The van der Waals surface area contributed by atoms with E-state index in [0.29, 0.717) is 25.6 Å². The lowest BCUT2D eigenvalue weighted by atomic mass is 9.85. The Balaban J connectivity index is 2.59. The molecule has 2 unspecified atom stereocenters. The van der Waals surface area contributed by atoms with Gasteiger partial charge in [-0.25, -0.2) is 4.79 Å². The highest BCUT2D eigenvalue weighted by molar-refractivity contribution is 5.76. The summed E-state index contributed by atoms with van der Waals surface area (Å²) in [6.07, 6.45) is 0.854. The molecule has 0 bridgehead atoms. The molecule has 2 atom stereocenters. The molecule has 1 heterocycles. The van der Waals surface area contributed by atoms with Gasteiger partial charge in [0.25, 0.3) is 0 Å². The Bertz CT molecular complexity index is 339. The van der Waals surface area contributed by atoms with Crippen LogP contribution in [0.4, 0.5) is 4.79 Å². The Kier molecular flexibility index (Phi) is 5.17. The Morgan fingerprint density at radius 3 is 2.53 bits per heavy atom. The maximum Gasteiger partial charge on any atom is 0.317 e. The number of nitrogens with one attached hydrogen (secondary N) is 1. The van der Waals surface area contributed by atoms with E-state index < -0.39 is 5.97 Å². The van der Waals surface area contributed by atoms with Crippen molar-refractivity contribution < 1.29 is 14.7 Å². The van der Waals surface area contributed by atoms with E-state index in [4.69, 9.17) is 10.8 Å². The van der Waals surface area contributed by atoms with E-state index in [1.54, 1.807) is 4.90 Å². The van der Waals surface area contributed by atoms with Crippen LogP contribution in [-0.2, 0) is 4.79 Å². The third kappa shape index (κ3) is 4.70. The van der Waals surface area contributed by atoms with Crippen LogP contribution in [0.25, 0.3) is 0 Å². The van der Waals surface area contributed by atoms with Crippen molar-refractivity contribution in [2.75, 3.05) is 19.6 Å². The quantitative estimate of drug-likeness (QED) is 0.707. The van der Waals surface area contributed by atoms with E-state index >= 15 is 0 Å². The van der Waals surface area contributed by atoms with Crippen molar-refractivity contribution >= 4 is 12.0 Å². The van der Waals surface area contributed by atoms with Gasteiger partial charge in [-0.05, 0) is 24.3 Å². The minimum Gasteiger partial charge on any atom is -0.481 e. The number of rotatable bonds is 4. The number of urea groups is 1. The normalized spacial score (nSPS) is 21.3. The smallest absolute Gasteiger partial charge is 0.317 e. The average molecular weight is 271 g/mol. The number of nitrogens with two attached hydrogens (primary N) is 1. The van der Waals surface area contributed by atoms with Gasteiger partial charge >= 0.3 is 12.0 Å². The molecule has 0 spiro atoms. The van der Waals surface area contributed by atoms with Crippen LogP contribution in [0.5, 0.6) is 0 Å². The fourth-order valence-corrected chi connectivity index (χ4v) is 2.20. The molecule has 6 nitrogen and oxygen atoms in total. The Morgan fingerprint density at radius 2 is 2.11 bits per heavy atom. The van der Waals surface area contributed by atoms with Crippen LogP contribution in [0.15, 0.2) is 0 Å². The number of carbonyl (C=O) groups is 2. The molecule has 0 aliphatic carbocycles. The van der Waals surface area contributed by atoms with Crippen LogP contribution in [0, 0.1) is 11.3 Å². The molecule has 1 aliphatic rings. The number of aliphatic carboxylic acids is 1. The molecule has 1 fully saturated rings. The van der Waals surface area contributed by atoms with Crippen LogP contribution in [-0.4, -0.2) is 47.7 Å². The van der Waals surface area contributed by atoms with E-state index in [1.165, 1.54) is 0 Å². The summed E-state index contributed by atoms with van der Waals surface area (Å²) in [5.74, 6) is -0.542. The lowest BCUT2D eigenvalue weighted by Crippen LogP contribution is -2.50. The second-order valence-electron chi connectivity index (χ2n) is 6.30. The summed E-state index contributed by atoms with van der Waals surface area (Å²) >= 11 is 0. The zero-order valence-electron chi connectivity index (χ0n) is 12.0. The predicted molar refractivity (Wildman–Crippen MR) is 72.8 cm³/mol. The second kappa shape index (κ2) is 6.23. The van der Waals surface area contributed by atoms with E-state index in [1.807, 2.05) is 20.8 Å². The Labute approximate surface area is 114 Å². The Morgan fingerprint density at radius 1 is 1.47 bits per heavy atom. The standard InChI is InChI=1S/C13H25N3O3/c1-13(2,3)10(6-11(17)18)15-12(19)16-5-4-9(7-14)8-16/h9-10H,4-8,14H2,1-3H3,(H,15,19)(H,17,18). The van der Waals surface area contributed by atoms with Crippen LogP contribution < -0.4 is 11.1 Å². The minimum absolute atomic E-state index is 0.0661. The number of hydrogen-bond donors (Lipinski definition) is 3. The number of nitrogens with zero attached hydrogens (tertiary/aromatic N) is 1. The van der Waals surface area contributed by atoms with Gasteiger partial charge in [-0.15, -0.1) is 0 Å². The first-order chi connectivity index (χ1) is 8.74. The first kappa shape index (κ1) is 15.8. The zero-order valence-corrected chi connectivity index (χ0v) is 12.0. The van der Waals surface area contributed by atoms with Crippen LogP contribution in [0.3, 0.4) is 0 Å². The summed E-state index contributed by atoms with van der Waals surface area (Å²) < 4.78 is 0. The van der Waals surface area contributed by atoms with Crippen molar-refractivity contribution in [3.63, 3.8) is 0 Å². The summed E-state index contributed by atoms with van der Waals surface area (Å²) in [7, 11) is 0. The Hall–Kier alpha value is -1.30. The van der Waals surface area contributed by atoms with E-state index in [0.717, 1.165) is 6.42 Å². The summed E-state index contributed by atoms with van der Waals surface area (Å²) in [6.45, 7) is 7.71. The number of hydrogen-bond acceptors (Lipinski definition) is 3. The molecule has 0 radical (unpaired) electrons. The molecule has 1 aliphatic heterocycles. The van der Waals surface area contributed by atoms with E-state index in [9.17, 15) is 9.59 Å². The second-order valence-corrected chi connectivity index (χ2v) is 6.30. The number of carboxylic acids is 1. The molecule has 4 N–H and O–H groups in total. The number of amides is 2. The number of carbonyl (C=O) groups excluding carboxylic acids is 1. The molecular weight excluding hydrogens is 246 g/mol. The molecule has 0 aromatic carbocycles. The fourth-order valence-electron chi connectivity index (χ4n) is 2.20. The van der Waals surface area contributed by atoms with Gasteiger partial charge in [0, 0.05) is 19.1 Å². The molecule has 0 saturated carbocycles. The van der Waals surface area contributed by atoms with Crippen molar-refractivity contribution in [3.05, 3.63) is 0 Å². The van der Waals surface area contributed by atoms with Crippen molar-refractivity contribution in [2.45, 2.75) is 39.7 Å². The molecule has 19 heavy (non-hydrogen) atoms. The van der Waals surface area contributed by atoms with Crippen LogP contribution in [0.2, 0.25) is 0 Å². The van der Waals surface area contributed by atoms with Gasteiger partial charge in [0.2, 0.25) is 0 Å². The maximum atomic E-state index is 12.1. The summed E-state index contributed by atoms with van der Waals surface area (Å²) in [5.41, 5.74) is 5.31. The first-order valence-electron chi connectivity index (χ1n) is 6.71. The molecule has 0 aromatic heterocycles. The van der Waals surface area contributed by atoms with E-state index in [2.05, 4.69) is 5.32 Å². The zero-order chi connectivity index (χ0) is 14.6. The molecule has 0 aromatic rings. The minimum atomic E-state index is -0.901. The van der Waals surface area contributed by atoms with Crippen LogP contribution >= 0.6 is 0 Å². The van der Waals surface area contributed by atoms with Crippen molar-refractivity contribution in [1.82, 2.24) is 10.2 Å². The highest BCUT2D eigenvalue weighted by Crippen LogP contribution is 2.23. The summed E-state index contributed by atoms with van der Waals surface area (Å²) in [5, 5.41) is 11.8. The fraction of sp³-hybridized carbons (Fsp3) is 0.846.